The van der Waals surface area contributed by atoms with Gasteiger partial charge >= 0.3 is 0 Å². The average molecular weight is 252 g/mol. The van der Waals surface area contributed by atoms with E-state index in [1.807, 2.05) is 18.2 Å². The van der Waals surface area contributed by atoms with Crippen LogP contribution in [-0.4, -0.2) is 30.1 Å². The maximum absolute atomic E-state index is 10.3. The molecule has 1 rings (SSSR count). The number of unbranched alkanes of at least 4 members (excludes halogenated alkanes) is 1. The topological polar surface area (TPSA) is 40.5 Å². The average Bonchev–Trinajstić information content (AvgIpc) is 2.36. The third-order valence-electron chi connectivity index (χ3n) is 3.48. The Balaban J connectivity index is 2.76. The molecule has 0 saturated carbocycles. The van der Waals surface area contributed by atoms with E-state index in [0.29, 0.717) is 6.42 Å². The van der Waals surface area contributed by atoms with Gasteiger partial charge in [-0.25, -0.2) is 0 Å². The molecule has 0 bridgehead atoms. The van der Waals surface area contributed by atoms with Crippen molar-refractivity contribution in [3.8, 4) is 0 Å². The van der Waals surface area contributed by atoms with Gasteiger partial charge in [0.1, 0.15) is 8.07 Å². The van der Waals surface area contributed by atoms with Crippen LogP contribution in [0.1, 0.15) is 26.2 Å². The Labute approximate surface area is 105 Å². The molecular weight excluding hydrogens is 228 g/mol. The lowest BCUT2D eigenvalue weighted by molar-refractivity contribution is 0.0551. The summed E-state index contributed by atoms with van der Waals surface area (Å²) in [5.41, 5.74) is -0.587. The van der Waals surface area contributed by atoms with Crippen LogP contribution in [0, 0.1) is 0 Å². The molecule has 96 valence electrons. The lowest BCUT2D eigenvalue weighted by Gasteiger charge is -2.32. The van der Waals surface area contributed by atoms with E-state index in [0.717, 1.165) is 12.8 Å². The molecule has 1 aromatic rings. The second-order valence-corrected chi connectivity index (χ2v) is 9.85. The summed E-state index contributed by atoms with van der Waals surface area (Å²) in [7, 11) is -1.99. The Hall–Kier alpha value is -0.643. The third-order valence-corrected chi connectivity index (χ3v) is 7.16. The van der Waals surface area contributed by atoms with Gasteiger partial charge in [0.25, 0.3) is 0 Å². The molecule has 0 aliphatic carbocycles. The molecule has 0 spiro atoms. The number of aliphatic hydroxyl groups excluding tert-OH is 2. The molecule has 2 N–H and O–H groups in total. The van der Waals surface area contributed by atoms with E-state index in [4.69, 9.17) is 0 Å². The summed E-state index contributed by atoms with van der Waals surface area (Å²) in [6.45, 7) is 6.32. The minimum absolute atomic E-state index is 0.586. The molecule has 0 unspecified atom stereocenters. The van der Waals surface area contributed by atoms with Gasteiger partial charge in [0.05, 0.1) is 11.8 Å². The Bertz CT molecular complexity index is 324. The fourth-order valence-electron chi connectivity index (χ4n) is 2.09. The molecule has 0 fully saturated rings. The molecule has 0 radical (unpaired) electrons. The molecule has 0 aromatic heterocycles. The van der Waals surface area contributed by atoms with E-state index < -0.39 is 19.9 Å². The van der Waals surface area contributed by atoms with Crippen molar-refractivity contribution in [2.75, 3.05) is 0 Å². The monoisotopic (exact) mass is 252 g/mol. The first kappa shape index (κ1) is 14.4. The smallest absolute Gasteiger partial charge is 0.116 e. The first-order valence-electron chi connectivity index (χ1n) is 6.41. The van der Waals surface area contributed by atoms with Crippen molar-refractivity contribution >= 4 is 13.3 Å². The third kappa shape index (κ3) is 3.66. The maximum Gasteiger partial charge on any atom is 0.116 e. The van der Waals surface area contributed by atoms with E-state index >= 15 is 0 Å². The second kappa shape index (κ2) is 6.33. The number of rotatable bonds is 6. The number of benzene rings is 1. The normalized spacial score (nSPS) is 15.6. The quantitative estimate of drug-likeness (QED) is 0.761. The summed E-state index contributed by atoms with van der Waals surface area (Å²) in [5, 5.41) is 21.6. The van der Waals surface area contributed by atoms with Gasteiger partial charge in [-0.15, -0.1) is 0 Å². The van der Waals surface area contributed by atoms with Crippen LogP contribution in [0.15, 0.2) is 30.3 Å². The van der Waals surface area contributed by atoms with Crippen molar-refractivity contribution in [1.29, 1.82) is 0 Å². The Morgan fingerprint density at radius 1 is 1.12 bits per heavy atom. The minimum Gasteiger partial charge on any atom is -0.393 e. The molecule has 0 aliphatic heterocycles. The largest absolute Gasteiger partial charge is 0.393 e. The standard InChI is InChI=1S/C14H24O2Si/c1-4-5-11-13(15)14(16)17(2,3)12-9-7-6-8-10-12/h6-10,13-16H,4-5,11H2,1-3H3/t13-,14-/m1/s1. The van der Waals surface area contributed by atoms with Crippen LogP contribution < -0.4 is 5.19 Å². The summed E-state index contributed by atoms with van der Waals surface area (Å²) in [6.07, 6.45) is 2.13. The van der Waals surface area contributed by atoms with Gasteiger partial charge in [-0.05, 0) is 6.42 Å². The molecule has 17 heavy (non-hydrogen) atoms. The van der Waals surface area contributed by atoms with E-state index in [2.05, 4.69) is 32.2 Å². The number of hydrogen-bond donors (Lipinski definition) is 2. The van der Waals surface area contributed by atoms with Gasteiger partial charge in [-0.2, -0.15) is 0 Å². The predicted molar refractivity (Wildman–Crippen MR) is 75.1 cm³/mol. The van der Waals surface area contributed by atoms with Gasteiger partial charge in [0, 0.05) is 0 Å². The van der Waals surface area contributed by atoms with Crippen LogP contribution in [0.5, 0.6) is 0 Å². The van der Waals surface area contributed by atoms with Crippen molar-refractivity contribution < 1.29 is 10.2 Å². The molecule has 0 amide bonds. The van der Waals surface area contributed by atoms with Crippen LogP contribution in [0.25, 0.3) is 0 Å². The highest BCUT2D eigenvalue weighted by molar-refractivity contribution is 6.90. The first-order chi connectivity index (χ1) is 8.00. The molecule has 0 saturated heterocycles. The predicted octanol–water partition coefficient (Wildman–Crippen LogP) is 2.05. The molecule has 2 atom stereocenters. The highest BCUT2D eigenvalue weighted by atomic mass is 28.3. The second-order valence-electron chi connectivity index (χ2n) is 5.24. The highest BCUT2D eigenvalue weighted by Crippen LogP contribution is 2.16. The van der Waals surface area contributed by atoms with E-state index in [-0.39, 0.29) is 0 Å². The fourth-order valence-corrected chi connectivity index (χ4v) is 4.61. The van der Waals surface area contributed by atoms with Gasteiger partial charge in [0.2, 0.25) is 0 Å². The van der Waals surface area contributed by atoms with Gasteiger partial charge in [-0.3, -0.25) is 0 Å². The van der Waals surface area contributed by atoms with Crippen molar-refractivity contribution in [2.45, 2.75) is 51.1 Å². The van der Waals surface area contributed by atoms with Crippen molar-refractivity contribution in [3.63, 3.8) is 0 Å². The number of aliphatic hydroxyl groups is 2. The van der Waals surface area contributed by atoms with E-state index in [1.165, 1.54) is 5.19 Å². The van der Waals surface area contributed by atoms with E-state index in [9.17, 15) is 10.2 Å². The lowest BCUT2D eigenvalue weighted by Crippen LogP contribution is -2.57. The molecular formula is C14H24O2Si. The number of hydrogen-bond acceptors (Lipinski definition) is 2. The van der Waals surface area contributed by atoms with Gasteiger partial charge in [-0.1, -0.05) is 68.4 Å². The first-order valence-corrected chi connectivity index (χ1v) is 9.49. The summed E-state index contributed by atoms with van der Waals surface area (Å²) < 4.78 is 0. The lowest BCUT2D eigenvalue weighted by atomic mass is 10.2. The zero-order valence-corrected chi connectivity index (χ0v) is 12.1. The minimum atomic E-state index is -1.99. The Morgan fingerprint density at radius 3 is 2.24 bits per heavy atom. The van der Waals surface area contributed by atoms with Crippen LogP contribution in [0.4, 0.5) is 0 Å². The fraction of sp³-hybridized carbons (Fsp3) is 0.571. The summed E-state index contributed by atoms with van der Waals surface area (Å²) in [6, 6.07) is 10.1. The Kier molecular flexibility index (Phi) is 5.37. The maximum atomic E-state index is 10.3. The SMILES string of the molecule is CCCC[C@@H](O)[C@H](O)[Si](C)(C)c1ccccc1. The van der Waals surface area contributed by atoms with Crippen LogP contribution in [-0.2, 0) is 0 Å². The Morgan fingerprint density at radius 2 is 1.71 bits per heavy atom. The summed E-state index contributed by atoms with van der Waals surface area (Å²) in [4.78, 5) is 0. The van der Waals surface area contributed by atoms with Crippen LogP contribution in [0.2, 0.25) is 13.1 Å². The van der Waals surface area contributed by atoms with Crippen LogP contribution >= 0.6 is 0 Å². The summed E-state index contributed by atoms with van der Waals surface area (Å²) >= 11 is 0. The molecule has 0 aliphatic rings. The molecule has 3 heteroatoms. The highest BCUT2D eigenvalue weighted by Gasteiger charge is 2.36. The van der Waals surface area contributed by atoms with E-state index in [1.54, 1.807) is 0 Å². The van der Waals surface area contributed by atoms with Crippen molar-refractivity contribution in [3.05, 3.63) is 30.3 Å². The zero-order valence-electron chi connectivity index (χ0n) is 11.1. The molecule has 0 heterocycles. The van der Waals surface area contributed by atoms with Gasteiger partial charge in [0.15, 0.2) is 0 Å². The van der Waals surface area contributed by atoms with Crippen molar-refractivity contribution in [2.24, 2.45) is 0 Å². The molecule has 1 aromatic carbocycles. The summed E-state index contributed by atoms with van der Waals surface area (Å²) in [5.74, 6) is 0. The van der Waals surface area contributed by atoms with Crippen molar-refractivity contribution in [1.82, 2.24) is 0 Å². The van der Waals surface area contributed by atoms with Crippen LogP contribution in [0.3, 0.4) is 0 Å². The zero-order chi connectivity index (χ0) is 12.9. The molecule has 2 nitrogen and oxygen atoms in total. The van der Waals surface area contributed by atoms with Gasteiger partial charge < -0.3 is 10.2 Å².